The van der Waals surface area contributed by atoms with Crippen LogP contribution in [-0.4, -0.2) is 9.78 Å². The Morgan fingerprint density at radius 2 is 1.62 bits per heavy atom. The number of aromatic nitrogens is 2. The molecule has 3 rings (SSSR count). The number of nitrogens with zero attached hydrogens (tertiary/aromatic N) is 2. The molecule has 0 atom stereocenters. The minimum absolute atomic E-state index is 0.231. The van der Waals surface area contributed by atoms with Crippen molar-refractivity contribution in [2.24, 2.45) is 0 Å². The van der Waals surface area contributed by atoms with E-state index in [4.69, 9.17) is 5.10 Å². The third-order valence-electron chi connectivity index (χ3n) is 3.47. The van der Waals surface area contributed by atoms with Crippen molar-refractivity contribution >= 4 is 0 Å². The third-order valence-corrected chi connectivity index (χ3v) is 3.47. The second kappa shape index (κ2) is 5.52. The molecule has 3 heteroatoms. The van der Waals surface area contributed by atoms with Gasteiger partial charge >= 0.3 is 0 Å². The van der Waals surface area contributed by atoms with E-state index in [0.29, 0.717) is 5.92 Å². The maximum absolute atomic E-state index is 13.1. The molecule has 106 valence electrons. The van der Waals surface area contributed by atoms with Crippen LogP contribution in [0.1, 0.15) is 25.5 Å². The highest BCUT2D eigenvalue weighted by Gasteiger charge is 2.13. The van der Waals surface area contributed by atoms with Crippen LogP contribution in [0.5, 0.6) is 0 Å². The summed E-state index contributed by atoms with van der Waals surface area (Å²) in [6, 6.07) is 18.6. The molecule has 0 bridgehead atoms. The van der Waals surface area contributed by atoms with Crippen molar-refractivity contribution in [1.82, 2.24) is 9.78 Å². The largest absolute Gasteiger partial charge is 0.237 e. The predicted octanol–water partition coefficient (Wildman–Crippen LogP) is 4.80. The van der Waals surface area contributed by atoms with Crippen molar-refractivity contribution < 1.29 is 4.39 Å². The molecule has 1 aromatic heterocycles. The molecule has 0 N–H and O–H groups in total. The molecule has 0 amide bonds. The summed E-state index contributed by atoms with van der Waals surface area (Å²) in [4.78, 5) is 0. The van der Waals surface area contributed by atoms with Gasteiger partial charge in [-0.3, -0.25) is 0 Å². The van der Waals surface area contributed by atoms with Gasteiger partial charge < -0.3 is 0 Å². The van der Waals surface area contributed by atoms with Crippen molar-refractivity contribution in [3.8, 4) is 16.9 Å². The molecule has 1 heterocycles. The summed E-state index contributed by atoms with van der Waals surface area (Å²) < 4.78 is 15.0. The maximum Gasteiger partial charge on any atom is 0.123 e. The van der Waals surface area contributed by atoms with Crippen LogP contribution in [0.25, 0.3) is 16.9 Å². The maximum atomic E-state index is 13.1. The molecule has 0 saturated carbocycles. The van der Waals surface area contributed by atoms with Crippen LogP contribution in [-0.2, 0) is 0 Å². The minimum atomic E-state index is -0.231. The SMILES string of the molecule is CC(C)c1cc(-c2ccc(F)cc2)nn1-c1ccccc1. The Morgan fingerprint density at radius 3 is 2.24 bits per heavy atom. The Balaban J connectivity index is 2.11. The van der Waals surface area contributed by atoms with E-state index in [9.17, 15) is 4.39 Å². The number of halogens is 1. The van der Waals surface area contributed by atoms with E-state index in [0.717, 1.165) is 22.6 Å². The molecule has 0 spiro atoms. The summed E-state index contributed by atoms with van der Waals surface area (Å²) in [5, 5.41) is 4.70. The number of hydrogen-bond acceptors (Lipinski definition) is 1. The van der Waals surface area contributed by atoms with E-state index >= 15 is 0 Å². The van der Waals surface area contributed by atoms with Gasteiger partial charge in [-0.25, -0.2) is 9.07 Å². The van der Waals surface area contributed by atoms with Crippen LogP contribution in [0.4, 0.5) is 4.39 Å². The second-order valence-electron chi connectivity index (χ2n) is 5.36. The normalized spacial score (nSPS) is 11.0. The molecule has 0 radical (unpaired) electrons. The smallest absolute Gasteiger partial charge is 0.123 e. The van der Waals surface area contributed by atoms with Crippen LogP contribution >= 0.6 is 0 Å². The Kier molecular flexibility index (Phi) is 3.57. The van der Waals surface area contributed by atoms with E-state index < -0.39 is 0 Å². The quantitative estimate of drug-likeness (QED) is 0.673. The van der Waals surface area contributed by atoms with Crippen molar-refractivity contribution in [1.29, 1.82) is 0 Å². The molecule has 0 aliphatic heterocycles. The van der Waals surface area contributed by atoms with E-state index in [1.54, 1.807) is 12.1 Å². The molecule has 3 aromatic rings. The molecule has 2 nitrogen and oxygen atoms in total. The monoisotopic (exact) mass is 280 g/mol. The lowest BCUT2D eigenvalue weighted by molar-refractivity contribution is 0.628. The lowest BCUT2D eigenvalue weighted by Gasteiger charge is -2.09. The number of para-hydroxylation sites is 1. The molecule has 0 saturated heterocycles. The van der Waals surface area contributed by atoms with Crippen LogP contribution in [0.3, 0.4) is 0 Å². The summed E-state index contributed by atoms with van der Waals surface area (Å²) >= 11 is 0. The summed E-state index contributed by atoms with van der Waals surface area (Å²) in [5.74, 6) is 0.122. The predicted molar refractivity (Wildman–Crippen MR) is 83.0 cm³/mol. The summed E-state index contributed by atoms with van der Waals surface area (Å²) in [6.45, 7) is 4.29. The third kappa shape index (κ3) is 2.72. The fourth-order valence-corrected chi connectivity index (χ4v) is 2.34. The molecule has 0 aliphatic rings. The highest BCUT2D eigenvalue weighted by molar-refractivity contribution is 5.60. The van der Waals surface area contributed by atoms with E-state index in [-0.39, 0.29) is 5.82 Å². The van der Waals surface area contributed by atoms with Gasteiger partial charge in [-0.1, -0.05) is 32.0 Å². The van der Waals surface area contributed by atoms with Crippen molar-refractivity contribution in [3.05, 3.63) is 72.2 Å². The first-order valence-electron chi connectivity index (χ1n) is 7.06. The number of benzene rings is 2. The van der Waals surface area contributed by atoms with Gasteiger partial charge in [0.2, 0.25) is 0 Å². The molecule has 0 fully saturated rings. The highest BCUT2D eigenvalue weighted by Crippen LogP contribution is 2.26. The average molecular weight is 280 g/mol. The molecule has 21 heavy (non-hydrogen) atoms. The van der Waals surface area contributed by atoms with Gasteiger partial charge in [-0.15, -0.1) is 0 Å². The van der Waals surface area contributed by atoms with Crippen molar-refractivity contribution in [3.63, 3.8) is 0 Å². The Labute approximate surface area is 123 Å². The number of hydrogen-bond donors (Lipinski definition) is 0. The van der Waals surface area contributed by atoms with Gasteiger partial charge in [0.25, 0.3) is 0 Å². The second-order valence-corrected chi connectivity index (χ2v) is 5.36. The lowest BCUT2D eigenvalue weighted by atomic mass is 10.1. The zero-order valence-electron chi connectivity index (χ0n) is 12.1. The summed E-state index contributed by atoms with van der Waals surface area (Å²) in [5.41, 5.74) is 3.96. The van der Waals surface area contributed by atoms with Gasteiger partial charge in [0.05, 0.1) is 11.4 Å². The molecular formula is C18H17FN2. The minimum Gasteiger partial charge on any atom is -0.237 e. The fraction of sp³-hybridized carbons (Fsp3) is 0.167. The molecule has 2 aromatic carbocycles. The van der Waals surface area contributed by atoms with E-state index in [1.807, 2.05) is 35.0 Å². The molecular weight excluding hydrogens is 263 g/mol. The standard InChI is InChI=1S/C18H17FN2/c1-13(2)18-12-17(14-8-10-15(19)11-9-14)20-21(18)16-6-4-3-5-7-16/h3-13H,1-2H3. The zero-order chi connectivity index (χ0) is 14.8. The van der Waals surface area contributed by atoms with Crippen molar-refractivity contribution in [2.75, 3.05) is 0 Å². The first-order chi connectivity index (χ1) is 10.1. The van der Waals surface area contributed by atoms with Gasteiger partial charge in [0.15, 0.2) is 0 Å². The van der Waals surface area contributed by atoms with Gasteiger partial charge in [0, 0.05) is 11.3 Å². The van der Waals surface area contributed by atoms with Gasteiger partial charge in [-0.05, 0) is 48.4 Å². The van der Waals surface area contributed by atoms with Crippen LogP contribution in [0.15, 0.2) is 60.7 Å². The summed E-state index contributed by atoms with van der Waals surface area (Å²) in [7, 11) is 0. The Bertz CT molecular complexity index is 728. The van der Waals surface area contributed by atoms with E-state index in [2.05, 4.69) is 19.9 Å². The number of rotatable bonds is 3. The lowest BCUT2D eigenvalue weighted by Crippen LogP contribution is -2.03. The molecule has 0 unspecified atom stereocenters. The topological polar surface area (TPSA) is 17.8 Å². The van der Waals surface area contributed by atoms with Gasteiger partial charge in [0.1, 0.15) is 5.82 Å². The Morgan fingerprint density at radius 1 is 0.952 bits per heavy atom. The average Bonchev–Trinajstić information content (AvgIpc) is 2.94. The Hall–Kier alpha value is -2.42. The van der Waals surface area contributed by atoms with Gasteiger partial charge in [-0.2, -0.15) is 5.10 Å². The van der Waals surface area contributed by atoms with Crippen LogP contribution < -0.4 is 0 Å². The van der Waals surface area contributed by atoms with Crippen LogP contribution in [0, 0.1) is 5.82 Å². The van der Waals surface area contributed by atoms with E-state index in [1.165, 1.54) is 12.1 Å². The summed E-state index contributed by atoms with van der Waals surface area (Å²) in [6.07, 6.45) is 0. The van der Waals surface area contributed by atoms with Crippen molar-refractivity contribution in [2.45, 2.75) is 19.8 Å². The molecule has 0 aliphatic carbocycles. The zero-order valence-corrected chi connectivity index (χ0v) is 12.1. The first-order valence-corrected chi connectivity index (χ1v) is 7.06. The van der Waals surface area contributed by atoms with Crippen LogP contribution in [0.2, 0.25) is 0 Å². The fourth-order valence-electron chi connectivity index (χ4n) is 2.34. The highest BCUT2D eigenvalue weighted by atomic mass is 19.1. The first kappa shape index (κ1) is 13.6.